The third kappa shape index (κ3) is 5.38. The van der Waals surface area contributed by atoms with Gasteiger partial charge in [0.25, 0.3) is 5.56 Å². The zero-order chi connectivity index (χ0) is 29.1. The monoisotopic (exact) mass is 590 g/mol. The summed E-state index contributed by atoms with van der Waals surface area (Å²) in [5.41, 5.74) is 2.32. The number of hydrogen-bond acceptors (Lipinski definition) is 8. The molecule has 4 aromatic rings. The van der Waals surface area contributed by atoms with Crippen molar-refractivity contribution in [3.05, 3.63) is 114 Å². The van der Waals surface area contributed by atoms with Crippen LogP contribution in [0.25, 0.3) is 11.8 Å². The van der Waals surface area contributed by atoms with Gasteiger partial charge in [0.15, 0.2) is 16.3 Å². The SMILES string of the molecule is CCOC(=O)C1=C(c2ccccc2)N=c2s/c(=C\c3cc(Cl)ccc3OC)c(=O)n2[C@H]1c1ccc(OC)c(OC)c1. The summed E-state index contributed by atoms with van der Waals surface area (Å²) in [6.07, 6.45) is 1.72. The molecule has 1 aliphatic heterocycles. The quantitative estimate of drug-likeness (QED) is 0.278. The maximum Gasteiger partial charge on any atom is 0.338 e. The summed E-state index contributed by atoms with van der Waals surface area (Å²) < 4.78 is 23.9. The van der Waals surface area contributed by atoms with Crippen molar-refractivity contribution in [2.24, 2.45) is 4.99 Å². The lowest BCUT2D eigenvalue weighted by Gasteiger charge is -2.26. The van der Waals surface area contributed by atoms with Gasteiger partial charge in [-0.15, -0.1) is 0 Å². The van der Waals surface area contributed by atoms with Gasteiger partial charge in [-0.25, -0.2) is 9.79 Å². The van der Waals surface area contributed by atoms with Gasteiger partial charge in [-0.05, 0) is 48.9 Å². The summed E-state index contributed by atoms with van der Waals surface area (Å²) in [6, 6.07) is 19.0. The molecule has 0 bridgehead atoms. The number of hydrogen-bond donors (Lipinski definition) is 0. The van der Waals surface area contributed by atoms with E-state index in [4.69, 9.17) is 35.5 Å². The number of methoxy groups -OCH3 is 3. The van der Waals surface area contributed by atoms with Crippen molar-refractivity contribution in [1.29, 1.82) is 0 Å². The van der Waals surface area contributed by atoms with Crippen LogP contribution in [0.3, 0.4) is 0 Å². The molecule has 0 N–H and O–H groups in total. The van der Waals surface area contributed by atoms with Crippen molar-refractivity contribution in [3.8, 4) is 17.2 Å². The number of halogens is 1. The smallest absolute Gasteiger partial charge is 0.338 e. The second-order valence-corrected chi connectivity index (χ2v) is 10.4. The summed E-state index contributed by atoms with van der Waals surface area (Å²) in [5.74, 6) is 0.966. The third-order valence-electron chi connectivity index (χ3n) is 6.58. The molecule has 0 saturated heterocycles. The highest BCUT2D eigenvalue weighted by Gasteiger charge is 2.35. The first kappa shape index (κ1) is 28.2. The van der Waals surface area contributed by atoms with Crippen LogP contribution in [0.2, 0.25) is 5.02 Å². The number of carbonyl (C=O) groups excluding carboxylic acids is 1. The lowest BCUT2D eigenvalue weighted by Crippen LogP contribution is -2.40. The maximum atomic E-state index is 14.1. The predicted octanol–water partition coefficient (Wildman–Crippen LogP) is 4.61. The number of carbonyl (C=O) groups is 1. The number of nitrogens with zero attached hydrogens (tertiary/aromatic N) is 2. The Morgan fingerprint density at radius 2 is 1.68 bits per heavy atom. The maximum absolute atomic E-state index is 14.1. The molecule has 5 rings (SSSR count). The largest absolute Gasteiger partial charge is 0.496 e. The number of fused-ring (bicyclic) bond motifs is 1. The molecular formula is C31H27ClN2O6S. The first-order valence-corrected chi connectivity index (χ1v) is 13.9. The molecule has 3 aromatic carbocycles. The normalized spacial score (nSPS) is 14.8. The molecule has 0 saturated carbocycles. The first-order valence-electron chi connectivity index (χ1n) is 12.7. The van der Waals surface area contributed by atoms with Gasteiger partial charge >= 0.3 is 5.97 Å². The van der Waals surface area contributed by atoms with Gasteiger partial charge in [0.05, 0.1) is 49.8 Å². The number of esters is 1. The second kappa shape index (κ2) is 12.0. The molecule has 0 spiro atoms. The molecule has 1 aromatic heterocycles. The van der Waals surface area contributed by atoms with Gasteiger partial charge in [-0.1, -0.05) is 59.3 Å². The van der Waals surface area contributed by atoms with Crippen molar-refractivity contribution < 1.29 is 23.7 Å². The molecule has 8 nitrogen and oxygen atoms in total. The molecule has 210 valence electrons. The van der Waals surface area contributed by atoms with Gasteiger partial charge in [0.1, 0.15) is 5.75 Å². The number of thiazole rings is 1. The average Bonchev–Trinajstić information content (AvgIpc) is 3.30. The molecular weight excluding hydrogens is 564 g/mol. The fourth-order valence-electron chi connectivity index (χ4n) is 4.74. The first-order chi connectivity index (χ1) is 19.9. The molecule has 41 heavy (non-hydrogen) atoms. The van der Waals surface area contributed by atoms with E-state index >= 15 is 0 Å². The van der Waals surface area contributed by atoms with E-state index in [1.165, 1.54) is 23.0 Å². The Morgan fingerprint density at radius 3 is 2.37 bits per heavy atom. The van der Waals surface area contributed by atoms with E-state index in [1.54, 1.807) is 63.6 Å². The second-order valence-electron chi connectivity index (χ2n) is 8.93. The fourth-order valence-corrected chi connectivity index (χ4v) is 5.91. The van der Waals surface area contributed by atoms with Crippen molar-refractivity contribution in [2.75, 3.05) is 27.9 Å². The Balaban J connectivity index is 1.86. The van der Waals surface area contributed by atoms with E-state index < -0.39 is 12.0 Å². The van der Waals surface area contributed by atoms with Gasteiger partial charge in [0, 0.05) is 16.1 Å². The summed E-state index contributed by atoms with van der Waals surface area (Å²) in [6.45, 7) is 1.89. The van der Waals surface area contributed by atoms with E-state index in [9.17, 15) is 9.59 Å². The van der Waals surface area contributed by atoms with Crippen molar-refractivity contribution in [3.63, 3.8) is 0 Å². The summed E-state index contributed by atoms with van der Waals surface area (Å²) in [5, 5.41) is 0.504. The number of ether oxygens (including phenoxy) is 4. The van der Waals surface area contributed by atoms with Crippen LogP contribution < -0.4 is 29.1 Å². The minimum Gasteiger partial charge on any atom is -0.496 e. The fraction of sp³-hybridized carbons (Fsp3) is 0.194. The highest BCUT2D eigenvalue weighted by Crippen LogP contribution is 2.38. The Morgan fingerprint density at radius 1 is 0.976 bits per heavy atom. The highest BCUT2D eigenvalue weighted by atomic mass is 35.5. The van der Waals surface area contributed by atoms with Gasteiger partial charge in [0.2, 0.25) is 0 Å². The molecule has 0 aliphatic carbocycles. The van der Waals surface area contributed by atoms with E-state index in [-0.39, 0.29) is 17.7 Å². The number of aromatic nitrogens is 1. The van der Waals surface area contributed by atoms with Crippen LogP contribution in [0.5, 0.6) is 17.2 Å². The van der Waals surface area contributed by atoms with E-state index in [1.807, 2.05) is 30.3 Å². The van der Waals surface area contributed by atoms with E-state index in [0.717, 1.165) is 5.56 Å². The minimum absolute atomic E-state index is 0.155. The van der Waals surface area contributed by atoms with Crippen LogP contribution in [0.1, 0.15) is 29.7 Å². The highest BCUT2D eigenvalue weighted by molar-refractivity contribution is 7.07. The Hall–Kier alpha value is -4.34. The molecule has 2 heterocycles. The van der Waals surface area contributed by atoms with Crippen molar-refractivity contribution in [2.45, 2.75) is 13.0 Å². The van der Waals surface area contributed by atoms with Crippen LogP contribution in [-0.4, -0.2) is 38.5 Å². The van der Waals surface area contributed by atoms with Crippen LogP contribution in [-0.2, 0) is 9.53 Å². The zero-order valence-corrected chi connectivity index (χ0v) is 24.4. The Bertz CT molecular complexity index is 1830. The van der Waals surface area contributed by atoms with Gasteiger partial charge in [-0.2, -0.15) is 0 Å². The van der Waals surface area contributed by atoms with Crippen molar-refractivity contribution in [1.82, 2.24) is 4.57 Å². The van der Waals surface area contributed by atoms with Gasteiger partial charge in [-0.3, -0.25) is 9.36 Å². The third-order valence-corrected chi connectivity index (χ3v) is 7.79. The lowest BCUT2D eigenvalue weighted by molar-refractivity contribution is -0.138. The number of benzene rings is 3. The average molecular weight is 591 g/mol. The Kier molecular flexibility index (Phi) is 8.28. The standard InChI is InChI=1S/C31H27ClN2O6S/c1-5-40-30(36)26-27(18-9-7-6-8-10-18)33-31-34(28(26)19-11-13-23(38-3)24(16-19)39-4)29(35)25(41-31)17-20-15-21(32)12-14-22(20)37-2/h6-17,28H,5H2,1-4H3/b25-17-/t28-/m0/s1. The van der Waals surface area contributed by atoms with Crippen LogP contribution >= 0.6 is 22.9 Å². The molecule has 0 unspecified atom stereocenters. The molecule has 1 atom stereocenters. The van der Waals surface area contributed by atoms with Crippen molar-refractivity contribution >= 4 is 40.7 Å². The minimum atomic E-state index is -0.858. The predicted molar refractivity (Wildman–Crippen MR) is 159 cm³/mol. The molecule has 0 amide bonds. The number of rotatable bonds is 8. The Labute approximate surface area is 245 Å². The van der Waals surface area contributed by atoms with E-state index in [0.29, 0.717) is 48.4 Å². The lowest BCUT2D eigenvalue weighted by atomic mass is 9.93. The summed E-state index contributed by atoms with van der Waals surface area (Å²) >= 11 is 7.46. The molecule has 1 aliphatic rings. The van der Waals surface area contributed by atoms with Crippen LogP contribution in [0.15, 0.2) is 82.1 Å². The molecule has 0 fully saturated rings. The summed E-state index contributed by atoms with van der Waals surface area (Å²) in [4.78, 5) is 33.0. The molecule has 10 heteroatoms. The van der Waals surface area contributed by atoms with Crippen LogP contribution in [0.4, 0.5) is 0 Å². The van der Waals surface area contributed by atoms with E-state index in [2.05, 4.69) is 0 Å². The topological polar surface area (TPSA) is 88.4 Å². The zero-order valence-electron chi connectivity index (χ0n) is 22.8. The van der Waals surface area contributed by atoms with Gasteiger partial charge < -0.3 is 18.9 Å². The molecule has 0 radical (unpaired) electrons. The van der Waals surface area contributed by atoms with Crippen LogP contribution in [0, 0.1) is 0 Å². The summed E-state index contributed by atoms with van der Waals surface area (Å²) in [7, 11) is 4.63.